The maximum absolute atomic E-state index is 12.7. The number of nitrogens with one attached hydrogen (secondary N) is 1. The number of carbonyl (C=O) groups excluding carboxylic acids is 1. The van der Waals surface area contributed by atoms with Crippen molar-refractivity contribution in [2.45, 2.75) is 46.7 Å². The Bertz CT molecular complexity index is 1290. The van der Waals surface area contributed by atoms with Crippen molar-refractivity contribution in [1.29, 1.82) is 0 Å². The fraction of sp³-hybridized carbons (Fsp3) is 0.320. The molecule has 0 saturated heterocycles. The summed E-state index contributed by atoms with van der Waals surface area (Å²) < 4.78 is 5.36. The highest BCUT2D eigenvalue weighted by molar-refractivity contribution is 5.78. The van der Waals surface area contributed by atoms with E-state index in [-0.39, 0.29) is 18.0 Å². The minimum absolute atomic E-state index is 0.0514. The summed E-state index contributed by atoms with van der Waals surface area (Å²) in [6.07, 6.45) is 1.02. The standard InChI is InChI=1S/C25H29N5O2/c1-4-28-22-7-5-6-8-23(22)29(25(28)32)16-14-24(31)26-15-13-20-9-11-21(12-10-20)30-19(3)17-18(2)27-30/h5-12,17H,4,13-16H2,1-3H3,(H,26,31). The predicted molar refractivity (Wildman–Crippen MR) is 126 cm³/mol. The van der Waals surface area contributed by atoms with Crippen LogP contribution >= 0.6 is 0 Å². The van der Waals surface area contributed by atoms with Gasteiger partial charge in [0.2, 0.25) is 5.91 Å². The zero-order valence-electron chi connectivity index (χ0n) is 18.8. The molecule has 4 aromatic rings. The molecule has 0 fully saturated rings. The summed E-state index contributed by atoms with van der Waals surface area (Å²) in [5.41, 5.74) is 5.99. The lowest BCUT2D eigenvalue weighted by molar-refractivity contribution is -0.121. The van der Waals surface area contributed by atoms with E-state index >= 15 is 0 Å². The molecule has 2 aromatic carbocycles. The van der Waals surface area contributed by atoms with E-state index in [0.717, 1.165) is 40.1 Å². The molecule has 0 aliphatic carbocycles. The Balaban J connectivity index is 1.31. The second-order valence-electron chi connectivity index (χ2n) is 8.02. The van der Waals surface area contributed by atoms with Crippen LogP contribution in [0.2, 0.25) is 0 Å². The van der Waals surface area contributed by atoms with E-state index < -0.39 is 0 Å². The maximum atomic E-state index is 12.7. The third kappa shape index (κ3) is 4.37. The fourth-order valence-corrected chi connectivity index (χ4v) is 4.14. The Morgan fingerprint density at radius 2 is 1.69 bits per heavy atom. The molecule has 166 valence electrons. The summed E-state index contributed by atoms with van der Waals surface area (Å²) in [6.45, 7) is 7.51. The molecule has 0 saturated carbocycles. The molecule has 2 heterocycles. The van der Waals surface area contributed by atoms with Gasteiger partial charge in [0.1, 0.15) is 0 Å². The van der Waals surface area contributed by atoms with Gasteiger partial charge in [-0.15, -0.1) is 0 Å². The number of fused-ring (bicyclic) bond motifs is 1. The van der Waals surface area contributed by atoms with Crippen molar-refractivity contribution in [3.05, 3.63) is 82.0 Å². The van der Waals surface area contributed by atoms with Gasteiger partial charge in [0.05, 0.1) is 22.4 Å². The molecule has 7 nitrogen and oxygen atoms in total. The molecule has 0 aliphatic rings. The van der Waals surface area contributed by atoms with Gasteiger partial charge in [-0.2, -0.15) is 5.10 Å². The minimum Gasteiger partial charge on any atom is -0.356 e. The predicted octanol–water partition coefficient (Wildman–Crippen LogP) is 3.37. The van der Waals surface area contributed by atoms with Crippen LogP contribution in [0.5, 0.6) is 0 Å². The average Bonchev–Trinajstić information content (AvgIpc) is 3.27. The molecule has 32 heavy (non-hydrogen) atoms. The number of para-hydroxylation sites is 2. The van der Waals surface area contributed by atoms with Crippen molar-refractivity contribution < 1.29 is 4.79 Å². The molecular formula is C25H29N5O2. The Kier molecular flexibility index (Phi) is 6.25. The van der Waals surface area contributed by atoms with Gasteiger partial charge in [0.25, 0.3) is 0 Å². The number of aryl methyl sites for hydroxylation is 4. The first-order valence-electron chi connectivity index (χ1n) is 11.0. The number of nitrogens with zero attached hydrogens (tertiary/aromatic N) is 4. The van der Waals surface area contributed by atoms with E-state index in [0.29, 0.717) is 19.6 Å². The van der Waals surface area contributed by atoms with Crippen LogP contribution < -0.4 is 11.0 Å². The molecule has 0 spiro atoms. The van der Waals surface area contributed by atoms with E-state index in [1.807, 2.05) is 61.9 Å². The quantitative estimate of drug-likeness (QED) is 0.465. The smallest absolute Gasteiger partial charge is 0.329 e. The zero-order chi connectivity index (χ0) is 22.7. The van der Waals surface area contributed by atoms with E-state index in [1.165, 1.54) is 0 Å². The molecule has 4 rings (SSSR count). The van der Waals surface area contributed by atoms with Crippen molar-refractivity contribution in [3.63, 3.8) is 0 Å². The molecule has 1 N–H and O–H groups in total. The number of imidazole rings is 1. The Hall–Kier alpha value is -3.61. The number of aromatic nitrogens is 4. The molecular weight excluding hydrogens is 402 g/mol. The normalized spacial score (nSPS) is 11.2. The lowest BCUT2D eigenvalue weighted by Crippen LogP contribution is -2.29. The van der Waals surface area contributed by atoms with E-state index in [9.17, 15) is 9.59 Å². The van der Waals surface area contributed by atoms with Crippen molar-refractivity contribution in [2.24, 2.45) is 0 Å². The topological polar surface area (TPSA) is 73.8 Å². The van der Waals surface area contributed by atoms with Crippen molar-refractivity contribution in [1.82, 2.24) is 24.2 Å². The third-order valence-electron chi connectivity index (χ3n) is 5.73. The van der Waals surface area contributed by atoms with Crippen LogP contribution in [0.3, 0.4) is 0 Å². The average molecular weight is 432 g/mol. The van der Waals surface area contributed by atoms with Gasteiger partial charge < -0.3 is 5.32 Å². The van der Waals surface area contributed by atoms with Crippen LogP contribution in [-0.2, 0) is 24.3 Å². The molecule has 0 aliphatic heterocycles. The monoisotopic (exact) mass is 431 g/mol. The lowest BCUT2D eigenvalue weighted by atomic mass is 10.1. The number of hydrogen-bond acceptors (Lipinski definition) is 3. The van der Waals surface area contributed by atoms with Crippen molar-refractivity contribution in [3.8, 4) is 5.69 Å². The summed E-state index contributed by atoms with van der Waals surface area (Å²) in [5.74, 6) is -0.0514. The number of carbonyl (C=O) groups is 1. The van der Waals surface area contributed by atoms with Crippen LogP contribution in [-0.4, -0.2) is 31.4 Å². The van der Waals surface area contributed by atoms with Crippen LogP contribution in [0.4, 0.5) is 0 Å². The molecule has 2 aromatic heterocycles. The highest BCUT2D eigenvalue weighted by Gasteiger charge is 2.12. The second-order valence-corrected chi connectivity index (χ2v) is 8.02. The van der Waals surface area contributed by atoms with Crippen LogP contribution in [0.25, 0.3) is 16.7 Å². The summed E-state index contributed by atoms with van der Waals surface area (Å²) in [6, 6.07) is 18.0. The first kappa shape index (κ1) is 21.6. The Morgan fingerprint density at radius 1 is 1.00 bits per heavy atom. The minimum atomic E-state index is -0.0656. The Labute approximate surface area is 187 Å². The SMILES string of the molecule is CCn1c(=O)n(CCC(=O)NCCc2ccc(-n3nc(C)cc3C)cc2)c2ccccc21. The van der Waals surface area contributed by atoms with Gasteiger partial charge in [-0.3, -0.25) is 13.9 Å². The van der Waals surface area contributed by atoms with Gasteiger partial charge in [-0.1, -0.05) is 24.3 Å². The molecule has 1 amide bonds. The molecule has 7 heteroatoms. The lowest BCUT2D eigenvalue weighted by Gasteiger charge is -2.08. The Morgan fingerprint density at radius 3 is 2.31 bits per heavy atom. The number of amides is 1. The number of hydrogen-bond donors (Lipinski definition) is 1. The van der Waals surface area contributed by atoms with Crippen LogP contribution in [0.1, 0.15) is 30.3 Å². The van der Waals surface area contributed by atoms with E-state index in [1.54, 1.807) is 9.13 Å². The fourth-order valence-electron chi connectivity index (χ4n) is 4.14. The highest BCUT2D eigenvalue weighted by Crippen LogP contribution is 2.14. The van der Waals surface area contributed by atoms with Gasteiger partial charge in [0, 0.05) is 31.7 Å². The van der Waals surface area contributed by atoms with E-state index in [4.69, 9.17) is 0 Å². The van der Waals surface area contributed by atoms with Gasteiger partial charge >= 0.3 is 5.69 Å². The van der Waals surface area contributed by atoms with Crippen molar-refractivity contribution in [2.75, 3.05) is 6.54 Å². The molecule has 0 atom stereocenters. The first-order valence-corrected chi connectivity index (χ1v) is 11.0. The number of rotatable bonds is 8. The van der Waals surface area contributed by atoms with Crippen molar-refractivity contribution >= 4 is 16.9 Å². The summed E-state index contributed by atoms with van der Waals surface area (Å²) in [4.78, 5) is 25.0. The van der Waals surface area contributed by atoms with Crippen LogP contribution in [0.15, 0.2) is 59.4 Å². The number of benzene rings is 2. The van der Waals surface area contributed by atoms with E-state index in [2.05, 4.69) is 28.6 Å². The molecule has 0 radical (unpaired) electrons. The van der Waals surface area contributed by atoms with Crippen LogP contribution in [0, 0.1) is 13.8 Å². The molecule has 0 bridgehead atoms. The van der Waals surface area contributed by atoms with Gasteiger partial charge in [0.15, 0.2) is 0 Å². The summed E-state index contributed by atoms with van der Waals surface area (Å²) in [7, 11) is 0. The third-order valence-corrected chi connectivity index (χ3v) is 5.73. The largest absolute Gasteiger partial charge is 0.356 e. The van der Waals surface area contributed by atoms with Gasteiger partial charge in [-0.05, 0) is 63.1 Å². The zero-order valence-corrected chi connectivity index (χ0v) is 18.8. The van der Waals surface area contributed by atoms with Gasteiger partial charge in [-0.25, -0.2) is 9.48 Å². The second kappa shape index (κ2) is 9.26. The maximum Gasteiger partial charge on any atom is 0.329 e. The summed E-state index contributed by atoms with van der Waals surface area (Å²) in [5, 5.41) is 7.48. The highest BCUT2D eigenvalue weighted by atomic mass is 16.2. The molecule has 0 unspecified atom stereocenters. The first-order chi connectivity index (χ1) is 15.5. The summed E-state index contributed by atoms with van der Waals surface area (Å²) >= 11 is 0.